The van der Waals surface area contributed by atoms with Gasteiger partial charge in [0.25, 0.3) is 0 Å². The minimum atomic E-state index is -0.921. The highest BCUT2D eigenvalue weighted by Gasteiger charge is 2.23. The van der Waals surface area contributed by atoms with E-state index in [1.807, 2.05) is 36.2 Å². The van der Waals surface area contributed by atoms with E-state index < -0.39 is 6.23 Å². The third-order valence-electron chi connectivity index (χ3n) is 5.15. The van der Waals surface area contributed by atoms with Crippen LogP contribution in [0.4, 0.5) is 15.8 Å². The number of likely N-dealkylation sites (N-methyl/N-ethyl adjacent to an activating group) is 1. The van der Waals surface area contributed by atoms with Crippen molar-refractivity contribution in [1.29, 1.82) is 0 Å². The molecule has 0 radical (unpaired) electrons. The first-order valence-electron chi connectivity index (χ1n) is 10.00. The third kappa shape index (κ3) is 5.14. The molecule has 6 heteroatoms. The Labute approximate surface area is 166 Å². The van der Waals surface area contributed by atoms with Crippen molar-refractivity contribution in [3.63, 3.8) is 0 Å². The van der Waals surface area contributed by atoms with Gasteiger partial charge in [-0.3, -0.25) is 0 Å². The quantitative estimate of drug-likeness (QED) is 0.450. The molecule has 0 amide bonds. The molecule has 2 unspecified atom stereocenters. The van der Waals surface area contributed by atoms with Crippen LogP contribution in [0, 0.1) is 5.82 Å². The van der Waals surface area contributed by atoms with E-state index in [0.29, 0.717) is 29.6 Å². The van der Waals surface area contributed by atoms with E-state index in [1.165, 1.54) is 6.07 Å². The molecular formula is C22H30FN3O2. The number of hydrogen-bond acceptors (Lipinski definition) is 5. The van der Waals surface area contributed by atoms with Gasteiger partial charge in [-0.05, 0) is 50.2 Å². The van der Waals surface area contributed by atoms with Crippen molar-refractivity contribution in [3.05, 3.63) is 53.8 Å². The van der Waals surface area contributed by atoms with Gasteiger partial charge < -0.3 is 25.4 Å². The summed E-state index contributed by atoms with van der Waals surface area (Å²) < 4.78 is 20.2. The van der Waals surface area contributed by atoms with Gasteiger partial charge in [0.2, 0.25) is 0 Å². The fourth-order valence-corrected chi connectivity index (χ4v) is 3.39. The second-order valence-electron chi connectivity index (χ2n) is 7.20. The Morgan fingerprint density at radius 1 is 1.25 bits per heavy atom. The number of halogens is 1. The number of anilines is 2. The van der Waals surface area contributed by atoms with E-state index in [9.17, 15) is 9.50 Å². The van der Waals surface area contributed by atoms with Gasteiger partial charge in [-0.15, -0.1) is 0 Å². The number of rotatable bonds is 9. The fourth-order valence-electron chi connectivity index (χ4n) is 3.39. The first kappa shape index (κ1) is 20.4. The maximum atomic E-state index is 14.6. The molecule has 2 atom stereocenters. The highest BCUT2D eigenvalue weighted by Crippen LogP contribution is 2.28. The molecule has 3 rings (SSSR count). The average molecular weight is 387 g/mol. The van der Waals surface area contributed by atoms with Gasteiger partial charge in [-0.2, -0.15) is 0 Å². The summed E-state index contributed by atoms with van der Waals surface area (Å²) in [6, 6.07) is 12.7. The van der Waals surface area contributed by atoms with Gasteiger partial charge in [0.1, 0.15) is 11.6 Å². The van der Waals surface area contributed by atoms with Crippen LogP contribution in [0.3, 0.4) is 0 Å². The lowest BCUT2D eigenvalue weighted by molar-refractivity contribution is 0.208. The number of ether oxygens (including phenoxy) is 1. The number of benzene rings is 2. The molecule has 1 saturated heterocycles. The summed E-state index contributed by atoms with van der Waals surface area (Å²) >= 11 is 0. The lowest BCUT2D eigenvalue weighted by Crippen LogP contribution is -2.29. The topological polar surface area (TPSA) is 56.8 Å². The van der Waals surface area contributed by atoms with E-state index >= 15 is 0 Å². The predicted molar refractivity (Wildman–Crippen MR) is 112 cm³/mol. The second-order valence-corrected chi connectivity index (χ2v) is 7.20. The fraction of sp³-hybridized carbons (Fsp3) is 0.455. The Balaban J connectivity index is 1.59. The molecule has 0 saturated carbocycles. The summed E-state index contributed by atoms with van der Waals surface area (Å²) in [5, 5.41) is 16.6. The zero-order valence-corrected chi connectivity index (χ0v) is 16.6. The summed E-state index contributed by atoms with van der Waals surface area (Å²) in [5.41, 5.74) is 1.84. The molecule has 0 bridgehead atoms. The number of unbranched alkanes of at least 4 members (excludes halogenated alkanes) is 1. The van der Waals surface area contributed by atoms with Crippen molar-refractivity contribution < 1.29 is 14.2 Å². The van der Waals surface area contributed by atoms with Crippen LogP contribution in [0.15, 0.2) is 42.5 Å². The van der Waals surface area contributed by atoms with Gasteiger partial charge in [-0.25, -0.2) is 4.39 Å². The summed E-state index contributed by atoms with van der Waals surface area (Å²) in [7, 11) is 1.93. The molecular weight excluding hydrogens is 357 g/mol. The van der Waals surface area contributed by atoms with Gasteiger partial charge in [0.15, 0.2) is 6.23 Å². The molecule has 1 aliphatic heterocycles. The standard InChI is InChI=1S/C22H30FN3O2/c1-3-4-13-28-19-8-5-16(6-9-19)22(27)25-17-7-10-21(20(23)14-17)26-12-11-18(15-26)24-2/h5-10,14,18,22,24-25,27H,3-4,11-13,15H2,1-2H3. The normalized spacial score (nSPS) is 17.6. The van der Waals surface area contributed by atoms with Crippen molar-refractivity contribution in [2.24, 2.45) is 0 Å². The van der Waals surface area contributed by atoms with Gasteiger partial charge in [0.05, 0.1) is 12.3 Å². The van der Waals surface area contributed by atoms with Crippen LogP contribution in [-0.2, 0) is 0 Å². The average Bonchev–Trinajstić information content (AvgIpc) is 3.18. The zero-order valence-electron chi connectivity index (χ0n) is 16.6. The number of nitrogens with one attached hydrogen (secondary N) is 2. The minimum absolute atomic E-state index is 0.284. The lowest BCUT2D eigenvalue weighted by atomic mass is 10.1. The Kier molecular flexibility index (Phi) is 7.12. The highest BCUT2D eigenvalue weighted by molar-refractivity contribution is 5.57. The van der Waals surface area contributed by atoms with Crippen LogP contribution >= 0.6 is 0 Å². The molecule has 1 aliphatic rings. The van der Waals surface area contributed by atoms with E-state index in [1.54, 1.807) is 12.1 Å². The van der Waals surface area contributed by atoms with E-state index in [4.69, 9.17) is 4.74 Å². The molecule has 152 valence electrons. The molecule has 2 aromatic carbocycles. The first-order valence-corrected chi connectivity index (χ1v) is 10.00. The third-order valence-corrected chi connectivity index (χ3v) is 5.15. The SMILES string of the molecule is CCCCOc1ccc(C(O)Nc2ccc(N3CCC(NC)C3)c(F)c2)cc1. The van der Waals surface area contributed by atoms with Crippen LogP contribution < -0.4 is 20.3 Å². The van der Waals surface area contributed by atoms with Gasteiger partial charge in [0, 0.05) is 30.4 Å². The number of hydrogen-bond donors (Lipinski definition) is 3. The molecule has 0 aliphatic carbocycles. The van der Waals surface area contributed by atoms with Crippen LogP contribution in [-0.4, -0.2) is 37.9 Å². The van der Waals surface area contributed by atoms with E-state index in [2.05, 4.69) is 17.6 Å². The summed E-state index contributed by atoms with van der Waals surface area (Å²) in [6.07, 6.45) is 2.19. The monoisotopic (exact) mass is 387 g/mol. The lowest BCUT2D eigenvalue weighted by Gasteiger charge is -2.21. The number of aliphatic hydroxyl groups excluding tert-OH is 1. The predicted octanol–water partition coefficient (Wildman–Crippen LogP) is 3.91. The van der Waals surface area contributed by atoms with Crippen LogP contribution in [0.25, 0.3) is 0 Å². The van der Waals surface area contributed by atoms with E-state index in [-0.39, 0.29) is 5.82 Å². The highest BCUT2D eigenvalue weighted by atomic mass is 19.1. The molecule has 0 spiro atoms. The Morgan fingerprint density at radius 3 is 2.68 bits per heavy atom. The van der Waals surface area contributed by atoms with Crippen molar-refractivity contribution in [2.45, 2.75) is 38.5 Å². The molecule has 1 heterocycles. The molecule has 3 N–H and O–H groups in total. The summed E-state index contributed by atoms with van der Waals surface area (Å²) in [4.78, 5) is 2.05. The van der Waals surface area contributed by atoms with E-state index in [0.717, 1.165) is 38.1 Å². The molecule has 2 aromatic rings. The van der Waals surface area contributed by atoms with Crippen molar-refractivity contribution >= 4 is 11.4 Å². The second kappa shape index (κ2) is 9.75. The van der Waals surface area contributed by atoms with Crippen LogP contribution in [0.5, 0.6) is 5.75 Å². The maximum Gasteiger partial charge on any atom is 0.150 e. The van der Waals surface area contributed by atoms with Crippen LogP contribution in [0.2, 0.25) is 0 Å². The van der Waals surface area contributed by atoms with Gasteiger partial charge in [-0.1, -0.05) is 25.5 Å². The molecule has 5 nitrogen and oxygen atoms in total. The van der Waals surface area contributed by atoms with Crippen molar-refractivity contribution in [3.8, 4) is 5.75 Å². The summed E-state index contributed by atoms with van der Waals surface area (Å²) in [6.45, 7) is 4.45. The zero-order chi connectivity index (χ0) is 19.9. The molecule has 1 fully saturated rings. The number of aliphatic hydroxyl groups is 1. The molecule has 0 aromatic heterocycles. The van der Waals surface area contributed by atoms with Crippen molar-refractivity contribution in [2.75, 3.05) is 37.0 Å². The largest absolute Gasteiger partial charge is 0.494 e. The first-order chi connectivity index (χ1) is 13.6. The minimum Gasteiger partial charge on any atom is -0.494 e. The Hall–Kier alpha value is -2.31. The van der Waals surface area contributed by atoms with Crippen LogP contribution in [0.1, 0.15) is 38.0 Å². The summed E-state index contributed by atoms with van der Waals surface area (Å²) in [5.74, 6) is 0.499. The number of nitrogens with zero attached hydrogens (tertiary/aromatic N) is 1. The Bertz CT molecular complexity index is 754. The van der Waals surface area contributed by atoms with Gasteiger partial charge >= 0.3 is 0 Å². The maximum absolute atomic E-state index is 14.6. The smallest absolute Gasteiger partial charge is 0.150 e. The van der Waals surface area contributed by atoms with Crippen molar-refractivity contribution in [1.82, 2.24) is 5.32 Å². The Morgan fingerprint density at radius 2 is 2.04 bits per heavy atom. The molecule has 28 heavy (non-hydrogen) atoms.